The van der Waals surface area contributed by atoms with Gasteiger partial charge in [-0.3, -0.25) is 19.2 Å². The predicted molar refractivity (Wildman–Crippen MR) is 133 cm³/mol. The van der Waals surface area contributed by atoms with Crippen LogP contribution in [-0.4, -0.2) is 59.9 Å². The van der Waals surface area contributed by atoms with Crippen molar-refractivity contribution in [3.8, 4) is 6.07 Å². The molecular weight excluding hydrogens is 503 g/mol. The number of nitrogens with one attached hydrogen (secondary N) is 2. The van der Waals surface area contributed by atoms with Gasteiger partial charge in [0.05, 0.1) is 6.07 Å². The highest BCUT2D eigenvalue weighted by molar-refractivity contribution is 5.82. The van der Waals surface area contributed by atoms with Crippen LogP contribution in [0.4, 0.5) is 13.2 Å². The first kappa shape index (κ1) is 31.4. The zero-order valence-electron chi connectivity index (χ0n) is 22.8. The number of hydrogen-bond donors (Lipinski definition) is 3. The largest absolute Gasteiger partial charge is 0.470 e. The van der Waals surface area contributed by atoms with Gasteiger partial charge in [0.25, 0.3) is 0 Å². The van der Waals surface area contributed by atoms with Gasteiger partial charge in [0, 0.05) is 31.0 Å². The Bertz CT molecular complexity index is 942. The number of alkyl halides is 3. The van der Waals surface area contributed by atoms with E-state index in [1.54, 1.807) is 0 Å². The Morgan fingerprint density at radius 3 is 2.08 bits per heavy atom. The molecule has 12 heteroatoms. The summed E-state index contributed by atoms with van der Waals surface area (Å²) in [5.74, 6) is -0.459. The molecule has 9 nitrogen and oxygen atoms in total. The standard InChI is InChI=1S/C14H23NO.C10H15N3O2.C2H2F3NO/c1-13(2)10-8-15(9-11(10)13)12(16)7-14(3)5-4-6-14;1-10(2)4-7(9(15)13-10)3-8(5-11)12-6-14;3-2(4,5)1(6)7/h10-11H,4-9H2,1-3H3;6-8H,3-4H2,1-2H3,(H,12,14)(H,13,15);(H2,6,7). The van der Waals surface area contributed by atoms with E-state index < -0.39 is 18.1 Å². The number of likely N-dealkylation sites (tertiary alicyclic amines) is 1. The second kappa shape index (κ2) is 11.5. The van der Waals surface area contributed by atoms with Gasteiger partial charge in [-0.25, -0.2) is 0 Å². The van der Waals surface area contributed by atoms with Crippen molar-refractivity contribution in [3.05, 3.63) is 0 Å². The highest BCUT2D eigenvalue weighted by Gasteiger charge is 2.62. The number of nitriles is 1. The summed E-state index contributed by atoms with van der Waals surface area (Å²) in [7, 11) is 0. The molecule has 38 heavy (non-hydrogen) atoms. The first-order chi connectivity index (χ1) is 17.3. The topological polar surface area (TPSA) is 145 Å². The number of piperidine rings is 1. The van der Waals surface area contributed by atoms with E-state index in [0.29, 0.717) is 36.0 Å². The van der Waals surface area contributed by atoms with Crippen LogP contribution in [0.3, 0.4) is 0 Å². The van der Waals surface area contributed by atoms with Crippen LogP contribution in [0.2, 0.25) is 0 Å². The molecule has 4 N–H and O–H groups in total. The van der Waals surface area contributed by atoms with Crippen LogP contribution in [0.1, 0.15) is 73.1 Å². The summed E-state index contributed by atoms with van der Waals surface area (Å²) in [4.78, 5) is 45.1. The van der Waals surface area contributed by atoms with Crippen LogP contribution in [-0.2, 0) is 19.2 Å². The number of primary amides is 1. The van der Waals surface area contributed by atoms with Gasteiger partial charge < -0.3 is 21.3 Å². The molecule has 214 valence electrons. The minimum absolute atomic E-state index is 0.0343. The van der Waals surface area contributed by atoms with Gasteiger partial charge in [0.1, 0.15) is 6.04 Å². The average molecular weight is 544 g/mol. The number of carbonyl (C=O) groups is 4. The Morgan fingerprint density at radius 1 is 1.21 bits per heavy atom. The van der Waals surface area contributed by atoms with Crippen molar-refractivity contribution < 1.29 is 32.3 Å². The van der Waals surface area contributed by atoms with Crippen molar-refractivity contribution in [3.63, 3.8) is 0 Å². The molecule has 4 unspecified atom stereocenters. The average Bonchev–Trinajstić information content (AvgIpc) is 3.11. The van der Waals surface area contributed by atoms with E-state index in [2.05, 4.69) is 42.0 Å². The van der Waals surface area contributed by atoms with Crippen molar-refractivity contribution in [2.75, 3.05) is 13.1 Å². The van der Waals surface area contributed by atoms with Crippen LogP contribution in [0.25, 0.3) is 0 Å². The quantitative estimate of drug-likeness (QED) is 0.441. The maximum Gasteiger partial charge on any atom is 0.470 e. The van der Waals surface area contributed by atoms with Crippen molar-refractivity contribution in [1.82, 2.24) is 15.5 Å². The second-order valence-corrected chi connectivity index (χ2v) is 12.5. The third-order valence-electron chi connectivity index (χ3n) is 8.43. The molecule has 2 heterocycles. The lowest BCUT2D eigenvalue weighted by atomic mass is 9.68. The molecule has 0 radical (unpaired) electrons. The molecule has 4 rings (SSSR count). The molecule has 0 aromatic carbocycles. The molecule has 2 saturated heterocycles. The summed E-state index contributed by atoms with van der Waals surface area (Å²) in [5.41, 5.74) is 4.47. The van der Waals surface area contributed by atoms with Gasteiger partial charge in [0.2, 0.25) is 18.2 Å². The lowest BCUT2D eigenvalue weighted by Crippen LogP contribution is -2.38. The SMILES string of the molecule is CC1(C)CC(CC(C#N)NC=O)C(=O)N1.CC1(CC(=O)N2CC3C(C2)C3(C)C)CCC1.NC(=O)C(F)(F)F. The van der Waals surface area contributed by atoms with E-state index >= 15 is 0 Å². The molecule has 2 aliphatic carbocycles. The van der Waals surface area contributed by atoms with Gasteiger partial charge in [0.15, 0.2) is 0 Å². The van der Waals surface area contributed by atoms with E-state index in [-0.39, 0.29) is 17.4 Å². The second-order valence-electron chi connectivity index (χ2n) is 12.5. The van der Waals surface area contributed by atoms with Crippen molar-refractivity contribution in [1.29, 1.82) is 5.26 Å². The van der Waals surface area contributed by atoms with Gasteiger partial charge in [-0.05, 0) is 62.2 Å². The summed E-state index contributed by atoms with van der Waals surface area (Å²) in [6.07, 6.45) is 1.34. The summed E-state index contributed by atoms with van der Waals surface area (Å²) in [5, 5.41) is 14.0. The maximum absolute atomic E-state index is 12.2. The van der Waals surface area contributed by atoms with Crippen molar-refractivity contribution >= 4 is 24.1 Å². The molecule has 2 saturated carbocycles. The highest BCUT2D eigenvalue weighted by atomic mass is 19.4. The molecule has 4 fully saturated rings. The fourth-order valence-electron chi connectivity index (χ4n) is 5.68. The molecule has 0 aromatic heterocycles. The summed E-state index contributed by atoms with van der Waals surface area (Å²) >= 11 is 0. The smallest absolute Gasteiger partial charge is 0.362 e. The number of fused-ring (bicyclic) bond motifs is 1. The fraction of sp³-hybridized carbons (Fsp3) is 0.808. The van der Waals surface area contributed by atoms with E-state index in [9.17, 15) is 27.6 Å². The number of hydrogen-bond acceptors (Lipinski definition) is 5. The molecule has 0 spiro atoms. The first-order valence-corrected chi connectivity index (χ1v) is 12.9. The van der Waals surface area contributed by atoms with Crippen LogP contribution < -0.4 is 16.4 Å². The van der Waals surface area contributed by atoms with Gasteiger partial charge >= 0.3 is 12.1 Å². The van der Waals surface area contributed by atoms with E-state index in [0.717, 1.165) is 31.3 Å². The Labute approximate surface area is 222 Å². The Kier molecular flexibility index (Phi) is 9.49. The fourth-order valence-corrected chi connectivity index (χ4v) is 5.68. The molecule has 4 atom stereocenters. The van der Waals surface area contributed by atoms with Crippen LogP contribution in [0, 0.1) is 39.9 Å². The summed E-state index contributed by atoms with van der Waals surface area (Å²) in [6, 6.07) is 1.38. The lowest BCUT2D eigenvalue weighted by Gasteiger charge is -2.39. The zero-order valence-corrected chi connectivity index (χ0v) is 22.8. The third-order valence-corrected chi connectivity index (χ3v) is 8.43. The Balaban J connectivity index is 0.000000216. The number of halogens is 3. The number of carbonyl (C=O) groups excluding carboxylic acids is 4. The number of nitrogens with zero attached hydrogens (tertiary/aromatic N) is 2. The number of rotatable bonds is 6. The molecule has 0 aromatic rings. The van der Waals surface area contributed by atoms with E-state index in [1.165, 1.54) is 19.3 Å². The number of amides is 4. The van der Waals surface area contributed by atoms with Crippen molar-refractivity contribution in [2.24, 2.45) is 34.3 Å². The summed E-state index contributed by atoms with van der Waals surface area (Å²) < 4.78 is 32.1. The predicted octanol–water partition coefficient (Wildman–Crippen LogP) is 2.64. The molecule has 0 bridgehead atoms. The van der Waals surface area contributed by atoms with Crippen LogP contribution in [0.15, 0.2) is 0 Å². The zero-order chi connectivity index (χ0) is 29.1. The van der Waals surface area contributed by atoms with Gasteiger partial charge in [-0.2, -0.15) is 18.4 Å². The highest BCUT2D eigenvalue weighted by Crippen LogP contribution is 2.62. The third kappa shape index (κ3) is 8.08. The monoisotopic (exact) mass is 543 g/mol. The molecule has 4 aliphatic rings. The maximum atomic E-state index is 12.2. The first-order valence-electron chi connectivity index (χ1n) is 12.9. The van der Waals surface area contributed by atoms with Gasteiger partial charge in [-0.1, -0.05) is 27.2 Å². The van der Waals surface area contributed by atoms with Gasteiger partial charge in [-0.15, -0.1) is 0 Å². The van der Waals surface area contributed by atoms with E-state index in [1.807, 2.05) is 19.9 Å². The lowest BCUT2D eigenvalue weighted by molar-refractivity contribution is -0.169. The minimum Gasteiger partial charge on any atom is -0.362 e. The normalized spacial score (nSPS) is 27.9. The molecular formula is C26H40F3N5O4. The van der Waals surface area contributed by atoms with Crippen molar-refractivity contribution in [2.45, 2.75) is 90.9 Å². The summed E-state index contributed by atoms with van der Waals surface area (Å²) in [6.45, 7) is 12.9. The van der Waals surface area contributed by atoms with E-state index in [4.69, 9.17) is 10.1 Å². The molecule has 2 aliphatic heterocycles. The van der Waals surface area contributed by atoms with Crippen LogP contribution >= 0.6 is 0 Å². The minimum atomic E-state index is -4.86. The Morgan fingerprint density at radius 2 is 1.74 bits per heavy atom. The Hall–Kier alpha value is -2.84. The number of nitrogens with two attached hydrogens (primary N) is 1. The molecule has 4 amide bonds. The van der Waals surface area contributed by atoms with Crippen LogP contribution in [0.5, 0.6) is 0 Å².